The van der Waals surface area contributed by atoms with Gasteiger partial charge in [0.25, 0.3) is 11.8 Å². The molecular weight excluding hydrogens is 312 g/mol. The van der Waals surface area contributed by atoms with Gasteiger partial charge in [0.15, 0.2) is 5.76 Å². The van der Waals surface area contributed by atoms with E-state index < -0.39 is 12.0 Å². The molecule has 2 N–H and O–H groups in total. The van der Waals surface area contributed by atoms with Gasteiger partial charge in [-0.25, -0.2) is 0 Å². The molecule has 1 fully saturated rings. The summed E-state index contributed by atoms with van der Waals surface area (Å²) < 4.78 is 15.6. The van der Waals surface area contributed by atoms with E-state index in [0.717, 1.165) is 6.42 Å². The first-order chi connectivity index (χ1) is 11.7. The van der Waals surface area contributed by atoms with Crippen molar-refractivity contribution < 1.29 is 23.5 Å². The molecule has 2 amide bonds. The third kappa shape index (κ3) is 3.57. The molecule has 7 heteroatoms. The van der Waals surface area contributed by atoms with Crippen LogP contribution in [-0.2, 0) is 9.53 Å². The van der Waals surface area contributed by atoms with Crippen LogP contribution < -0.4 is 15.4 Å². The van der Waals surface area contributed by atoms with Crippen molar-refractivity contribution in [2.75, 3.05) is 24.4 Å². The lowest BCUT2D eigenvalue weighted by molar-refractivity contribution is -0.124. The minimum absolute atomic E-state index is 0.183. The lowest BCUT2D eigenvalue weighted by atomic mass is 10.2. The molecule has 1 aromatic heterocycles. The largest absolute Gasteiger partial charge is 0.497 e. The van der Waals surface area contributed by atoms with Gasteiger partial charge in [-0.05, 0) is 37.1 Å². The summed E-state index contributed by atoms with van der Waals surface area (Å²) in [7, 11) is 1.53. The van der Waals surface area contributed by atoms with Crippen LogP contribution in [0.25, 0.3) is 0 Å². The van der Waals surface area contributed by atoms with Crippen molar-refractivity contribution in [3.05, 3.63) is 42.4 Å². The first-order valence-corrected chi connectivity index (χ1v) is 7.63. The number of amides is 2. The summed E-state index contributed by atoms with van der Waals surface area (Å²) in [6.45, 7) is 0.582. The van der Waals surface area contributed by atoms with Crippen LogP contribution in [0.1, 0.15) is 23.4 Å². The van der Waals surface area contributed by atoms with Crippen LogP contribution in [0.5, 0.6) is 5.75 Å². The van der Waals surface area contributed by atoms with E-state index in [1.54, 1.807) is 30.3 Å². The predicted molar refractivity (Wildman–Crippen MR) is 87.3 cm³/mol. The Hall–Kier alpha value is -2.80. The summed E-state index contributed by atoms with van der Waals surface area (Å²) in [5.74, 6) is 0.0999. The Kier molecular flexibility index (Phi) is 4.81. The van der Waals surface area contributed by atoms with Gasteiger partial charge < -0.3 is 24.5 Å². The van der Waals surface area contributed by atoms with Gasteiger partial charge in [0.2, 0.25) is 0 Å². The van der Waals surface area contributed by atoms with E-state index in [-0.39, 0.29) is 11.7 Å². The molecule has 3 rings (SSSR count). The molecule has 1 aliphatic heterocycles. The number of benzene rings is 1. The van der Waals surface area contributed by atoms with Gasteiger partial charge in [0.1, 0.15) is 11.9 Å². The van der Waals surface area contributed by atoms with E-state index >= 15 is 0 Å². The molecular formula is C17H18N2O5. The number of hydrogen-bond donors (Lipinski definition) is 2. The number of methoxy groups -OCH3 is 1. The van der Waals surface area contributed by atoms with Gasteiger partial charge in [-0.1, -0.05) is 0 Å². The number of ether oxygens (including phenoxy) is 2. The molecule has 24 heavy (non-hydrogen) atoms. The van der Waals surface area contributed by atoms with E-state index in [2.05, 4.69) is 10.6 Å². The Labute approximate surface area is 138 Å². The zero-order chi connectivity index (χ0) is 16.9. The average molecular weight is 330 g/mol. The second-order valence-electron chi connectivity index (χ2n) is 5.33. The maximum atomic E-state index is 12.3. The molecule has 1 aliphatic rings. The van der Waals surface area contributed by atoms with Crippen LogP contribution in [0.2, 0.25) is 0 Å². The van der Waals surface area contributed by atoms with E-state index in [1.807, 2.05) is 0 Å². The molecule has 0 spiro atoms. The predicted octanol–water partition coefficient (Wildman–Crippen LogP) is 2.66. The molecule has 7 nitrogen and oxygen atoms in total. The number of carbonyl (C=O) groups is 2. The molecule has 0 radical (unpaired) electrons. The second-order valence-corrected chi connectivity index (χ2v) is 5.33. The van der Waals surface area contributed by atoms with E-state index in [0.29, 0.717) is 30.2 Å². The first-order valence-electron chi connectivity index (χ1n) is 7.63. The summed E-state index contributed by atoms with van der Waals surface area (Å²) in [5, 5.41) is 5.50. The Morgan fingerprint density at radius 2 is 2.08 bits per heavy atom. The standard InChI is InChI=1S/C17H18N2O5/c1-22-11-6-7-12(18-16(20)14-4-2-8-23-14)13(10-11)19-17(21)15-5-3-9-24-15/h2,4,6-8,10,15H,3,5,9H2,1H3,(H,18,20)(H,19,21)/t15-/m0/s1. The molecule has 1 saturated heterocycles. The number of rotatable bonds is 5. The van der Waals surface area contributed by atoms with Crippen LogP contribution in [0.15, 0.2) is 41.0 Å². The Morgan fingerprint density at radius 1 is 1.21 bits per heavy atom. The van der Waals surface area contributed by atoms with Crippen LogP contribution >= 0.6 is 0 Å². The maximum Gasteiger partial charge on any atom is 0.291 e. The van der Waals surface area contributed by atoms with E-state index in [4.69, 9.17) is 13.9 Å². The quantitative estimate of drug-likeness (QED) is 0.879. The highest BCUT2D eigenvalue weighted by molar-refractivity contribution is 6.06. The highest BCUT2D eigenvalue weighted by atomic mass is 16.5. The molecule has 0 unspecified atom stereocenters. The molecule has 0 aliphatic carbocycles. The summed E-state index contributed by atoms with van der Waals surface area (Å²) in [6, 6.07) is 8.18. The fourth-order valence-corrected chi connectivity index (χ4v) is 2.45. The average Bonchev–Trinajstić information content (AvgIpc) is 3.29. The van der Waals surface area contributed by atoms with Crippen molar-refractivity contribution in [2.24, 2.45) is 0 Å². The molecule has 126 valence electrons. The minimum atomic E-state index is -0.468. The van der Waals surface area contributed by atoms with Gasteiger partial charge in [0, 0.05) is 12.7 Å². The van der Waals surface area contributed by atoms with Crippen molar-refractivity contribution in [2.45, 2.75) is 18.9 Å². The number of hydrogen-bond acceptors (Lipinski definition) is 5. The fraction of sp³-hybridized carbons (Fsp3) is 0.294. The molecule has 2 aromatic rings. The van der Waals surface area contributed by atoms with Gasteiger partial charge in [-0.3, -0.25) is 9.59 Å². The molecule has 1 aromatic carbocycles. The molecule has 0 bridgehead atoms. The van der Waals surface area contributed by atoms with Gasteiger partial charge in [0.05, 0.1) is 24.7 Å². The highest BCUT2D eigenvalue weighted by Gasteiger charge is 2.24. The van der Waals surface area contributed by atoms with Crippen LogP contribution in [0.3, 0.4) is 0 Å². The first kappa shape index (κ1) is 16.1. The third-order valence-electron chi connectivity index (χ3n) is 3.70. The molecule has 0 saturated carbocycles. The topological polar surface area (TPSA) is 89.8 Å². The maximum absolute atomic E-state index is 12.3. The SMILES string of the molecule is COc1ccc(NC(=O)c2ccco2)c(NC(=O)[C@@H]2CCCO2)c1. The molecule has 2 heterocycles. The van der Waals surface area contributed by atoms with Crippen LogP contribution in [-0.4, -0.2) is 31.6 Å². The molecule has 1 atom stereocenters. The summed E-state index contributed by atoms with van der Waals surface area (Å²) in [4.78, 5) is 24.4. The summed E-state index contributed by atoms with van der Waals surface area (Å²) in [5.41, 5.74) is 0.887. The number of anilines is 2. The summed E-state index contributed by atoms with van der Waals surface area (Å²) >= 11 is 0. The smallest absolute Gasteiger partial charge is 0.291 e. The lowest BCUT2D eigenvalue weighted by Crippen LogP contribution is -2.27. The normalized spacial score (nSPS) is 16.6. The highest BCUT2D eigenvalue weighted by Crippen LogP contribution is 2.28. The van der Waals surface area contributed by atoms with Crippen molar-refractivity contribution in [3.63, 3.8) is 0 Å². The zero-order valence-electron chi connectivity index (χ0n) is 13.2. The van der Waals surface area contributed by atoms with E-state index in [9.17, 15) is 9.59 Å². The van der Waals surface area contributed by atoms with E-state index in [1.165, 1.54) is 13.4 Å². The van der Waals surface area contributed by atoms with Crippen molar-refractivity contribution in [1.82, 2.24) is 0 Å². The monoisotopic (exact) mass is 330 g/mol. The Morgan fingerprint density at radius 3 is 2.75 bits per heavy atom. The van der Waals surface area contributed by atoms with Crippen LogP contribution in [0.4, 0.5) is 11.4 Å². The third-order valence-corrected chi connectivity index (χ3v) is 3.70. The summed E-state index contributed by atoms with van der Waals surface area (Å²) in [6.07, 6.45) is 2.50. The lowest BCUT2D eigenvalue weighted by Gasteiger charge is -2.15. The van der Waals surface area contributed by atoms with Gasteiger partial charge >= 0.3 is 0 Å². The van der Waals surface area contributed by atoms with Crippen molar-refractivity contribution >= 4 is 23.2 Å². The Balaban J connectivity index is 1.79. The van der Waals surface area contributed by atoms with Crippen LogP contribution in [0, 0.1) is 0 Å². The number of nitrogens with one attached hydrogen (secondary N) is 2. The number of furan rings is 1. The van der Waals surface area contributed by atoms with Crippen molar-refractivity contribution in [1.29, 1.82) is 0 Å². The van der Waals surface area contributed by atoms with Gasteiger partial charge in [-0.15, -0.1) is 0 Å². The van der Waals surface area contributed by atoms with Gasteiger partial charge in [-0.2, -0.15) is 0 Å². The fourth-order valence-electron chi connectivity index (χ4n) is 2.45. The zero-order valence-corrected chi connectivity index (χ0v) is 13.2. The van der Waals surface area contributed by atoms with Crippen molar-refractivity contribution in [3.8, 4) is 5.75 Å². The number of carbonyl (C=O) groups excluding carboxylic acids is 2. The Bertz CT molecular complexity index is 721. The second kappa shape index (κ2) is 7.18. The minimum Gasteiger partial charge on any atom is -0.497 e.